The van der Waals surface area contributed by atoms with Crippen molar-refractivity contribution in [3.63, 3.8) is 0 Å². The zero-order chi connectivity index (χ0) is 8.97. The van der Waals surface area contributed by atoms with E-state index in [4.69, 9.17) is 9.84 Å². The fourth-order valence-corrected chi connectivity index (χ4v) is 1.00. The topological polar surface area (TPSA) is 75.6 Å². The molecule has 2 N–H and O–H groups in total. The van der Waals surface area contributed by atoms with Crippen molar-refractivity contribution >= 4 is 11.9 Å². The number of rotatable bonds is 3. The van der Waals surface area contributed by atoms with E-state index in [0.29, 0.717) is 13.0 Å². The molecule has 5 nitrogen and oxygen atoms in total. The third kappa shape index (κ3) is 2.87. The molecule has 1 aliphatic heterocycles. The SMILES string of the molecule is O=C(O)CCC1CNC(=O)CO1. The quantitative estimate of drug-likeness (QED) is 0.595. The largest absolute Gasteiger partial charge is 0.481 e. The highest BCUT2D eigenvalue weighted by molar-refractivity contribution is 5.77. The Morgan fingerprint density at radius 1 is 1.75 bits per heavy atom. The number of aliphatic carboxylic acids is 1. The number of nitrogens with one attached hydrogen (secondary N) is 1. The van der Waals surface area contributed by atoms with Gasteiger partial charge in [0.1, 0.15) is 6.61 Å². The summed E-state index contributed by atoms with van der Waals surface area (Å²) in [5.41, 5.74) is 0. The van der Waals surface area contributed by atoms with Crippen LogP contribution in [0, 0.1) is 0 Å². The molecule has 1 fully saturated rings. The van der Waals surface area contributed by atoms with Crippen LogP contribution in [0.5, 0.6) is 0 Å². The van der Waals surface area contributed by atoms with Crippen molar-refractivity contribution in [2.24, 2.45) is 0 Å². The molecule has 1 saturated heterocycles. The second kappa shape index (κ2) is 4.06. The number of carbonyl (C=O) groups is 2. The molecule has 1 amide bonds. The van der Waals surface area contributed by atoms with Crippen LogP contribution in [0.25, 0.3) is 0 Å². The lowest BCUT2D eigenvalue weighted by atomic mass is 10.2. The highest BCUT2D eigenvalue weighted by Crippen LogP contribution is 2.04. The number of hydrogen-bond acceptors (Lipinski definition) is 3. The van der Waals surface area contributed by atoms with Crippen molar-refractivity contribution in [2.75, 3.05) is 13.2 Å². The van der Waals surface area contributed by atoms with Crippen LogP contribution in [0.15, 0.2) is 0 Å². The van der Waals surface area contributed by atoms with Gasteiger partial charge in [0.25, 0.3) is 0 Å². The molecule has 0 aromatic heterocycles. The number of amides is 1. The Kier molecular flexibility index (Phi) is 3.04. The summed E-state index contributed by atoms with van der Waals surface area (Å²) in [6.45, 7) is 0.469. The van der Waals surface area contributed by atoms with Crippen molar-refractivity contribution in [3.05, 3.63) is 0 Å². The van der Waals surface area contributed by atoms with E-state index in [-0.39, 0.29) is 25.0 Å². The molecule has 0 aromatic carbocycles. The standard InChI is InChI=1S/C7H11NO4/c9-6-4-12-5(3-8-6)1-2-7(10)11/h5H,1-4H2,(H,8,9)(H,10,11). The van der Waals surface area contributed by atoms with Crippen LogP contribution in [0.4, 0.5) is 0 Å². The van der Waals surface area contributed by atoms with Gasteiger partial charge in [-0.05, 0) is 6.42 Å². The summed E-state index contributed by atoms with van der Waals surface area (Å²) in [7, 11) is 0. The smallest absolute Gasteiger partial charge is 0.303 e. The predicted molar refractivity (Wildman–Crippen MR) is 39.6 cm³/mol. The molecule has 0 aromatic rings. The molecule has 1 heterocycles. The van der Waals surface area contributed by atoms with Gasteiger partial charge in [0, 0.05) is 13.0 Å². The van der Waals surface area contributed by atoms with Crippen LogP contribution < -0.4 is 5.32 Å². The van der Waals surface area contributed by atoms with Crippen LogP contribution in [0.3, 0.4) is 0 Å². The normalized spacial score (nSPS) is 23.3. The van der Waals surface area contributed by atoms with Crippen molar-refractivity contribution in [2.45, 2.75) is 18.9 Å². The Balaban J connectivity index is 2.17. The first-order valence-electron chi connectivity index (χ1n) is 3.78. The number of morpholine rings is 1. The molecule has 5 heteroatoms. The van der Waals surface area contributed by atoms with Gasteiger partial charge in [0.2, 0.25) is 5.91 Å². The van der Waals surface area contributed by atoms with E-state index in [1.165, 1.54) is 0 Å². The zero-order valence-corrected chi connectivity index (χ0v) is 6.58. The number of hydrogen-bond donors (Lipinski definition) is 2. The summed E-state index contributed by atoms with van der Waals surface area (Å²) in [6, 6.07) is 0. The van der Waals surface area contributed by atoms with Gasteiger partial charge in [-0.2, -0.15) is 0 Å². The Morgan fingerprint density at radius 2 is 2.50 bits per heavy atom. The first-order chi connectivity index (χ1) is 5.68. The van der Waals surface area contributed by atoms with Gasteiger partial charge in [0.15, 0.2) is 0 Å². The Morgan fingerprint density at radius 3 is 3.00 bits per heavy atom. The van der Waals surface area contributed by atoms with Gasteiger partial charge < -0.3 is 15.2 Å². The van der Waals surface area contributed by atoms with E-state index < -0.39 is 5.97 Å². The van der Waals surface area contributed by atoms with Crippen LogP contribution >= 0.6 is 0 Å². The Hall–Kier alpha value is -1.10. The minimum Gasteiger partial charge on any atom is -0.481 e. The summed E-state index contributed by atoms with van der Waals surface area (Å²) in [6.07, 6.45) is 0.398. The molecule has 1 unspecified atom stereocenters. The second-order valence-electron chi connectivity index (χ2n) is 2.67. The lowest BCUT2D eigenvalue weighted by Crippen LogP contribution is -2.43. The molecule has 12 heavy (non-hydrogen) atoms. The summed E-state index contributed by atoms with van der Waals surface area (Å²) in [5.74, 6) is -0.975. The minimum absolute atomic E-state index is 0.0459. The molecular formula is C7H11NO4. The van der Waals surface area contributed by atoms with Gasteiger partial charge in [-0.3, -0.25) is 9.59 Å². The molecule has 1 aliphatic rings. The van der Waals surface area contributed by atoms with Crippen molar-refractivity contribution < 1.29 is 19.4 Å². The van der Waals surface area contributed by atoms with Crippen LogP contribution in [0.2, 0.25) is 0 Å². The number of ether oxygens (including phenoxy) is 1. The first-order valence-corrected chi connectivity index (χ1v) is 3.78. The lowest BCUT2D eigenvalue weighted by Gasteiger charge is -2.22. The fraction of sp³-hybridized carbons (Fsp3) is 0.714. The molecule has 0 bridgehead atoms. The molecule has 0 saturated carbocycles. The highest BCUT2D eigenvalue weighted by atomic mass is 16.5. The maximum Gasteiger partial charge on any atom is 0.303 e. The second-order valence-corrected chi connectivity index (χ2v) is 2.67. The summed E-state index contributed by atoms with van der Waals surface area (Å²) < 4.78 is 5.07. The van der Waals surface area contributed by atoms with E-state index in [1.807, 2.05) is 0 Å². The maximum absolute atomic E-state index is 10.6. The summed E-state index contributed by atoms with van der Waals surface area (Å²) in [4.78, 5) is 20.8. The van der Waals surface area contributed by atoms with Gasteiger partial charge >= 0.3 is 5.97 Å². The third-order valence-electron chi connectivity index (χ3n) is 1.66. The van der Waals surface area contributed by atoms with E-state index in [2.05, 4.69) is 5.32 Å². The van der Waals surface area contributed by atoms with Crippen molar-refractivity contribution in [1.29, 1.82) is 0 Å². The molecule has 0 spiro atoms. The van der Waals surface area contributed by atoms with E-state index in [1.54, 1.807) is 0 Å². The fourth-order valence-electron chi connectivity index (χ4n) is 1.00. The van der Waals surface area contributed by atoms with Crippen LogP contribution in [-0.4, -0.2) is 36.2 Å². The van der Waals surface area contributed by atoms with E-state index in [9.17, 15) is 9.59 Å². The van der Waals surface area contributed by atoms with Crippen LogP contribution in [-0.2, 0) is 14.3 Å². The van der Waals surface area contributed by atoms with E-state index in [0.717, 1.165) is 0 Å². The zero-order valence-electron chi connectivity index (χ0n) is 6.58. The maximum atomic E-state index is 10.6. The van der Waals surface area contributed by atoms with E-state index >= 15 is 0 Å². The number of carboxylic acid groups (broad SMARTS) is 1. The number of carbonyl (C=O) groups excluding carboxylic acids is 1. The molecule has 1 atom stereocenters. The van der Waals surface area contributed by atoms with Gasteiger partial charge in [0.05, 0.1) is 6.10 Å². The van der Waals surface area contributed by atoms with Crippen LogP contribution in [0.1, 0.15) is 12.8 Å². The molecule has 0 aliphatic carbocycles. The third-order valence-corrected chi connectivity index (χ3v) is 1.66. The Labute approximate surface area is 69.7 Å². The minimum atomic E-state index is -0.837. The average molecular weight is 173 g/mol. The molecule has 68 valence electrons. The first kappa shape index (κ1) is 8.99. The highest BCUT2D eigenvalue weighted by Gasteiger charge is 2.18. The van der Waals surface area contributed by atoms with Gasteiger partial charge in [-0.1, -0.05) is 0 Å². The van der Waals surface area contributed by atoms with Crippen molar-refractivity contribution in [3.8, 4) is 0 Å². The predicted octanol–water partition coefficient (Wildman–Crippen LogP) is -0.634. The van der Waals surface area contributed by atoms with Gasteiger partial charge in [-0.25, -0.2) is 0 Å². The average Bonchev–Trinajstić information content (AvgIpc) is 2.03. The summed E-state index contributed by atoms with van der Waals surface area (Å²) >= 11 is 0. The molecule has 0 radical (unpaired) electrons. The molecular weight excluding hydrogens is 162 g/mol. The summed E-state index contributed by atoms with van der Waals surface area (Å²) in [5, 5.41) is 11.0. The van der Waals surface area contributed by atoms with Crippen molar-refractivity contribution in [1.82, 2.24) is 5.32 Å². The van der Waals surface area contributed by atoms with Gasteiger partial charge in [-0.15, -0.1) is 0 Å². The number of carboxylic acids is 1. The monoisotopic (exact) mass is 173 g/mol. The Bertz CT molecular complexity index is 182. The lowest BCUT2D eigenvalue weighted by molar-refractivity contribution is -0.139. The molecule has 1 rings (SSSR count).